The van der Waals surface area contributed by atoms with Gasteiger partial charge in [-0.2, -0.15) is 0 Å². The Hall–Kier alpha value is -1.55. The molecule has 0 bridgehead atoms. The maximum Gasteiger partial charge on any atom is 0.255 e. The first-order valence-corrected chi connectivity index (χ1v) is 9.25. The Kier molecular flexibility index (Phi) is 11.1. The van der Waals surface area contributed by atoms with Crippen LogP contribution in [0.15, 0.2) is 29.3 Å². The number of benzene rings is 1. The average Bonchev–Trinajstić information content (AvgIpc) is 3.45. The summed E-state index contributed by atoms with van der Waals surface area (Å²) in [5, 5.41) is 15.7. The number of phenolic OH excluding ortho intramolecular Hbond substituents is 1. The van der Waals surface area contributed by atoms with Crippen molar-refractivity contribution in [2.24, 2.45) is 10.9 Å². The van der Waals surface area contributed by atoms with E-state index >= 15 is 0 Å². The van der Waals surface area contributed by atoms with Gasteiger partial charge in [0.15, 0.2) is 5.96 Å². The van der Waals surface area contributed by atoms with Gasteiger partial charge in [0.2, 0.25) is 0 Å². The molecule has 1 saturated carbocycles. The quantitative estimate of drug-likeness (QED) is 0.202. The second kappa shape index (κ2) is 12.8. The average molecular weight is 490 g/mol. The van der Waals surface area contributed by atoms with Crippen LogP contribution in [0, 0.1) is 5.92 Å². The second-order valence-corrected chi connectivity index (χ2v) is 6.45. The summed E-state index contributed by atoms with van der Waals surface area (Å²) in [6.07, 6.45) is 2.60. The number of amides is 1. The van der Waals surface area contributed by atoms with Crippen molar-refractivity contribution in [1.82, 2.24) is 15.5 Å². The molecule has 27 heavy (non-hydrogen) atoms. The van der Waals surface area contributed by atoms with Gasteiger partial charge < -0.3 is 25.4 Å². The number of guanidine groups is 1. The molecule has 1 amide bonds. The lowest BCUT2D eigenvalue weighted by atomic mass is 10.2. The number of aliphatic imine (C=N–C) groups is 1. The van der Waals surface area contributed by atoms with Gasteiger partial charge in [0, 0.05) is 33.3 Å². The van der Waals surface area contributed by atoms with E-state index in [0.717, 1.165) is 31.6 Å². The fourth-order valence-electron chi connectivity index (χ4n) is 2.40. The van der Waals surface area contributed by atoms with Gasteiger partial charge in [-0.25, -0.2) is 0 Å². The summed E-state index contributed by atoms with van der Waals surface area (Å²) in [5.41, 5.74) is 0.272. The molecule has 1 aromatic rings. The van der Waals surface area contributed by atoms with E-state index in [0.29, 0.717) is 19.7 Å². The lowest BCUT2D eigenvalue weighted by Crippen LogP contribution is -2.41. The Morgan fingerprint density at radius 1 is 1.33 bits per heavy atom. The van der Waals surface area contributed by atoms with Gasteiger partial charge in [0.1, 0.15) is 5.75 Å². The number of nitrogens with one attached hydrogen (secondary N) is 2. The molecular formula is C19H31IN4O3. The van der Waals surface area contributed by atoms with Crippen molar-refractivity contribution in [3.05, 3.63) is 29.8 Å². The number of likely N-dealkylation sites (N-methyl/N-ethyl adjacent to an activating group) is 1. The Balaban J connectivity index is 0.00000364. The molecule has 0 heterocycles. The summed E-state index contributed by atoms with van der Waals surface area (Å²) >= 11 is 0. The Bertz CT molecular complexity index is 608. The maximum absolute atomic E-state index is 12.0. The minimum absolute atomic E-state index is 0. The van der Waals surface area contributed by atoms with E-state index in [-0.39, 0.29) is 41.2 Å². The van der Waals surface area contributed by atoms with Crippen molar-refractivity contribution < 1.29 is 14.6 Å². The van der Waals surface area contributed by atoms with Crippen LogP contribution in [0.4, 0.5) is 0 Å². The number of nitrogens with zero attached hydrogens (tertiary/aromatic N) is 2. The number of para-hydroxylation sites is 1. The third kappa shape index (κ3) is 8.79. The van der Waals surface area contributed by atoms with Crippen LogP contribution in [-0.4, -0.2) is 68.3 Å². The number of halogens is 1. The van der Waals surface area contributed by atoms with Gasteiger partial charge in [0.25, 0.3) is 5.91 Å². The molecule has 3 N–H and O–H groups in total. The topological polar surface area (TPSA) is 86.2 Å². The largest absolute Gasteiger partial charge is 0.507 e. The number of hydrogen-bond acceptors (Lipinski definition) is 4. The van der Waals surface area contributed by atoms with Crippen molar-refractivity contribution in [2.45, 2.75) is 19.8 Å². The summed E-state index contributed by atoms with van der Waals surface area (Å²) < 4.78 is 5.67. The van der Waals surface area contributed by atoms with Crippen LogP contribution in [0.3, 0.4) is 0 Å². The Morgan fingerprint density at radius 2 is 2.07 bits per heavy atom. The number of aromatic hydroxyl groups is 1. The van der Waals surface area contributed by atoms with Gasteiger partial charge in [-0.1, -0.05) is 12.1 Å². The zero-order valence-electron chi connectivity index (χ0n) is 16.1. The molecule has 1 aliphatic carbocycles. The molecule has 1 aromatic carbocycles. The van der Waals surface area contributed by atoms with E-state index in [1.54, 1.807) is 18.2 Å². The number of ether oxygens (including phenoxy) is 1. The van der Waals surface area contributed by atoms with Gasteiger partial charge in [-0.05, 0) is 37.8 Å². The molecule has 1 aliphatic rings. The first-order chi connectivity index (χ1) is 12.6. The van der Waals surface area contributed by atoms with Gasteiger partial charge in [-0.3, -0.25) is 9.79 Å². The predicted octanol–water partition coefficient (Wildman–Crippen LogP) is 2.06. The molecule has 1 fully saturated rings. The molecule has 0 atom stereocenters. The second-order valence-electron chi connectivity index (χ2n) is 6.45. The van der Waals surface area contributed by atoms with E-state index in [9.17, 15) is 9.90 Å². The van der Waals surface area contributed by atoms with Crippen molar-refractivity contribution in [3.63, 3.8) is 0 Å². The highest BCUT2D eigenvalue weighted by atomic mass is 127. The molecular weight excluding hydrogens is 459 g/mol. The summed E-state index contributed by atoms with van der Waals surface area (Å²) in [6.45, 7) is 5.95. The van der Waals surface area contributed by atoms with Crippen molar-refractivity contribution in [2.75, 3.05) is 46.4 Å². The number of hydrogen-bond donors (Lipinski definition) is 3. The van der Waals surface area contributed by atoms with Crippen LogP contribution in [0.25, 0.3) is 0 Å². The van der Waals surface area contributed by atoms with Crippen LogP contribution in [-0.2, 0) is 4.74 Å². The maximum atomic E-state index is 12.0. The summed E-state index contributed by atoms with van der Waals surface area (Å²) in [6, 6.07) is 6.49. The summed E-state index contributed by atoms with van der Waals surface area (Å²) in [7, 11) is 1.97. The normalized spacial score (nSPS) is 13.6. The zero-order valence-corrected chi connectivity index (χ0v) is 18.4. The van der Waals surface area contributed by atoms with Crippen LogP contribution in [0.2, 0.25) is 0 Å². The Morgan fingerprint density at radius 3 is 2.74 bits per heavy atom. The molecule has 0 unspecified atom stereocenters. The van der Waals surface area contributed by atoms with E-state index < -0.39 is 0 Å². The fraction of sp³-hybridized carbons (Fsp3) is 0.579. The highest BCUT2D eigenvalue weighted by Crippen LogP contribution is 2.28. The SMILES string of the molecule is CCNC(=NCCNC(=O)c1ccccc1O)N(C)CCOCC1CC1.I. The predicted molar refractivity (Wildman–Crippen MR) is 118 cm³/mol. The van der Waals surface area contributed by atoms with Gasteiger partial charge in [0.05, 0.1) is 18.7 Å². The number of phenols is 1. The number of rotatable bonds is 10. The number of carbonyl (C=O) groups excluding carboxylic acids is 1. The molecule has 0 radical (unpaired) electrons. The fourth-order valence-corrected chi connectivity index (χ4v) is 2.40. The van der Waals surface area contributed by atoms with E-state index in [1.165, 1.54) is 18.9 Å². The van der Waals surface area contributed by atoms with Crippen LogP contribution >= 0.6 is 24.0 Å². The van der Waals surface area contributed by atoms with E-state index in [1.807, 2.05) is 18.9 Å². The summed E-state index contributed by atoms with van der Waals surface area (Å²) in [5.74, 6) is 1.24. The first-order valence-electron chi connectivity index (χ1n) is 9.25. The van der Waals surface area contributed by atoms with E-state index in [4.69, 9.17) is 4.74 Å². The van der Waals surface area contributed by atoms with Crippen molar-refractivity contribution in [3.8, 4) is 5.75 Å². The standard InChI is InChI=1S/C19H30N4O3.HI/c1-3-20-19(23(2)12-13-26-14-15-8-9-15)22-11-10-21-18(25)16-6-4-5-7-17(16)24;/h4-7,15,24H,3,8-14H2,1-2H3,(H,20,22)(H,21,25);1H. The molecule has 0 spiro atoms. The first kappa shape index (κ1) is 23.5. The minimum Gasteiger partial charge on any atom is -0.507 e. The molecule has 8 heteroatoms. The molecule has 7 nitrogen and oxygen atoms in total. The van der Waals surface area contributed by atoms with Gasteiger partial charge >= 0.3 is 0 Å². The molecule has 152 valence electrons. The molecule has 0 saturated heterocycles. The third-order valence-corrected chi connectivity index (χ3v) is 4.13. The number of carbonyl (C=O) groups is 1. The van der Waals surface area contributed by atoms with E-state index in [2.05, 4.69) is 15.6 Å². The summed E-state index contributed by atoms with van der Waals surface area (Å²) in [4.78, 5) is 18.6. The molecule has 0 aromatic heterocycles. The highest BCUT2D eigenvalue weighted by Gasteiger charge is 2.21. The smallest absolute Gasteiger partial charge is 0.255 e. The molecule has 0 aliphatic heterocycles. The lowest BCUT2D eigenvalue weighted by molar-refractivity contribution is 0.0952. The minimum atomic E-state index is -0.301. The highest BCUT2D eigenvalue weighted by molar-refractivity contribution is 14.0. The third-order valence-electron chi connectivity index (χ3n) is 4.13. The zero-order chi connectivity index (χ0) is 18.8. The van der Waals surface area contributed by atoms with Crippen molar-refractivity contribution >= 4 is 35.8 Å². The van der Waals surface area contributed by atoms with Crippen LogP contribution in [0.1, 0.15) is 30.1 Å². The van der Waals surface area contributed by atoms with Crippen molar-refractivity contribution in [1.29, 1.82) is 0 Å². The Labute approximate surface area is 178 Å². The van der Waals surface area contributed by atoms with Gasteiger partial charge in [-0.15, -0.1) is 24.0 Å². The lowest BCUT2D eigenvalue weighted by Gasteiger charge is -2.22. The monoisotopic (exact) mass is 490 g/mol. The van der Waals surface area contributed by atoms with Crippen LogP contribution < -0.4 is 10.6 Å². The molecule has 2 rings (SSSR count). The van der Waals surface area contributed by atoms with Crippen LogP contribution in [0.5, 0.6) is 5.75 Å².